The highest BCUT2D eigenvalue weighted by Gasteiger charge is 2.03. The van der Waals surface area contributed by atoms with Crippen LogP contribution >= 0.6 is 0 Å². The van der Waals surface area contributed by atoms with Gasteiger partial charge in [0.1, 0.15) is 0 Å². The van der Waals surface area contributed by atoms with Gasteiger partial charge >= 0.3 is 0 Å². The third kappa shape index (κ3) is 2.85. The van der Waals surface area contributed by atoms with Crippen molar-refractivity contribution in [2.24, 2.45) is 0 Å². The van der Waals surface area contributed by atoms with Gasteiger partial charge in [-0.15, -0.1) is 0 Å². The number of hydrogen-bond acceptors (Lipinski definition) is 1. The van der Waals surface area contributed by atoms with Crippen molar-refractivity contribution in [2.45, 2.75) is 39.2 Å². The SMILES string of the molecule is CCCc1ccc([C@@H](O)CC)cc1. The molecule has 0 radical (unpaired) electrons. The van der Waals surface area contributed by atoms with Crippen molar-refractivity contribution in [3.05, 3.63) is 35.4 Å². The second kappa shape index (κ2) is 5.03. The lowest BCUT2D eigenvalue weighted by molar-refractivity contribution is 0.173. The van der Waals surface area contributed by atoms with Gasteiger partial charge < -0.3 is 5.11 Å². The monoisotopic (exact) mass is 178 g/mol. The molecule has 0 bridgehead atoms. The average molecular weight is 178 g/mol. The summed E-state index contributed by atoms with van der Waals surface area (Å²) in [7, 11) is 0. The van der Waals surface area contributed by atoms with Crippen molar-refractivity contribution in [3.8, 4) is 0 Å². The summed E-state index contributed by atoms with van der Waals surface area (Å²) in [6.45, 7) is 4.17. The first kappa shape index (κ1) is 10.3. The van der Waals surface area contributed by atoms with Gasteiger partial charge in [-0.05, 0) is 24.0 Å². The minimum Gasteiger partial charge on any atom is -0.388 e. The molecule has 1 heteroatoms. The minimum absolute atomic E-state index is 0.296. The van der Waals surface area contributed by atoms with Crippen LogP contribution in [0, 0.1) is 0 Å². The molecule has 1 nitrogen and oxygen atoms in total. The highest BCUT2D eigenvalue weighted by atomic mass is 16.3. The van der Waals surface area contributed by atoms with Crippen molar-refractivity contribution in [2.75, 3.05) is 0 Å². The van der Waals surface area contributed by atoms with Crippen molar-refractivity contribution in [1.29, 1.82) is 0 Å². The lowest BCUT2D eigenvalue weighted by Crippen LogP contribution is -1.95. The molecule has 0 spiro atoms. The van der Waals surface area contributed by atoms with E-state index in [4.69, 9.17) is 0 Å². The van der Waals surface area contributed by atoms with Gasteiger partial charge in [0.2, 0.25) is 0 Å². The van der Waals surface area contributed by atoms with Crippen LogP contribution < -0.4 is 0 Å². The summed E-state index contributed by atoms with van der Waals surface area (Å²) in [6.07, 6.45) is 2.79. The fraction of sp³-hybridized carbons (Fsp3) is 0.500. The Kier molecular flexibility index (Phi) is 3.97. The molecule has 0 aliphatic heterocycles. The average Bonchev–Trinajstić information content (AvgIpc) is 2.18. The summed E-state index contributed by atoms with van der Waals surface area (Å²) < 4.78 is 0. The Morgan fingerprint density at radius 3 is 2.23 bits per heavy atom. The quantitative estimate of drug-likeness (QED) is 0.751. The predicted molar refractivity (Wildman–Crippen MR) is 55.7 cm³/mol. The van der Waals surface area contributed by atoms with Crippen LogP contribution in [0.3, 0.4) is 0 Å². The maximum absolute atomic E-state index is 9.55. The van der Waals surface area contributed by atoms with E-state index >= 15 is 0 Å². The van der Waals surface area contributed by atoms with E-state index in [1.54, 1.807) is 0 Å². The van der Waals surface area contributed by atoms with Gasteiger partial charge in [-0.2, -0.15) is 0 Å². The minimum atomic E-state index is -0.296. The fourth-order valence-corrected chi connectivity index (χ4v) is 1.43. The summed E-state index contributed by atoms with van der Waals surface area (Å²) in [5.41, 5.74) is 2.39. The second-order valence-corrected chi connectivity index (χ2v) is 3.42. The molecule has 0 fully saturated rings. The van der Waals surface area contributed by atoms with Crippen LogP contribution in [-0.2, 0) is 6.42 Å². The fourth-order valence-electron chi connectivity index (χ4n) is 1.43. The Balaban J connectivity index is 2.69. The van der Waals surface area contributed by atoms with E-state index in [1.807, 2.05) is 19.1 Å². The molecule has 1 N–H and O–H groups in total. The molecular weight excluding hydrogens is 160 g/mol. The molecule has 0 aliphatic rings. The molecule has 0 aromatic heterocycles. The Morgan fingerprint density at radius 2 is 1.77 bits per heavy atom. The van der Waals surface area contributed by atoms with Crippen molar-refractivity contribution in [1.82, 2.24) is 0 Å². The Labute approximate surface area is 80.4 Å². The summed E-state index contributed by atoms with van der Waals surface area (Å²) in [6, 6.07) is 8.27. The van der Waals surface area contributed by atoms with Gasteiger partial charge in [-0.1, -0.05) is 44.5 Å². The van der Waals surface area contributed by atoms with Crippen LogP contribution in [0.4, 0.5) is 0 Å². The standard InChI is InChI=1S/C12H18O/c1-3-5-10-6-8-11(9-7-10)12(13)4-2/h6-9,12-13H,3-5H2,1-2H3/t12-/m0/s1. The maximum atomic E-state index is 9.55. The lowest BCUT2D eigenvalue weighted by Gasteiger charge is -2.08. The molecule has 72 valence electrons. The van der Waals surface area contributed by atoms with Crippen LogP contribution in [-0.4, -0.2) is 5.11 Å². The van der Waals surface area contributed by atoms with E-state index in [0.717, 1.165) is 18.4 Å². The van der Waals surface area contributed by atoms with Crippen LogP contribution in [0.2, 0.25) is 0 Å². The summed E-state index contributed by atoms with van der Waals surface area (Å²) >= 11 is 0. The smallest absolute Gasteiger partial charge is 0.0787 e. The van der Waals surface area contributed by atoms with E-state index in [9.17, 15) is 5.11 Å². The molecule has 1 aromatic carbocycles. The molecule has 0 amide bonds. The van der Waals surface area contributed by atoms with Crippen molar-refractivity contribution in [3.63, 3.8) is 0 Å². The zero-order valence-corrected chi connectivity index (χ0v) is 8.46. The largest absolute Gasteiger partial charge is 0.388 e. The Morgan fingerprint density at radius 1 is 1.15 bits per heavy atom. The third-order valence-electron chi connectivity index (χ3n) is 2.29. The summed E-state index contributed by atoms with van der Waals surface area (Å²) in [5, 5.41) is 9.55. The highest BCUT2D eigenvalue weighted by molar-refractivity contribution is 5.24. The molecule has 1 rings (SSSR count). The van der Waals surface area contributed by atoms with E-state index in [1.165, 1.54) is 12.0 Å². The molecular formula is C12H18O. The number of aliphatic hydroxyl groups is 1. The maximum Gasteiger partial charge on any atom is 0.0787 e. The number of rotatable bonds is 4. The van der Waals surface area contributed by atoms with Gasteiger partial charge in [0.25, 0.3) is 0 Å². The second-order valence-electron chi connectivity index (χ2n) is 3.42. The highest BCUT2D eigenvalue weighted by Crippen LogP contribution is 2.16. The van der Waals surface area contributed by atoms with Crippen LogP contribution in [0.25, 0.3) is 0 Å². The lowest BCUT2D eigenvalue weighted by atomic mass is 10.0. The van der Waals surface area contributed by atoms with Gasteiger partial charge in [-0.25, -0.2) is 0 Å². The van der Waals surface area contributed by atoms with Gasteiger partial charge in [0.15, 0.2) is 0 Å². The molecule has 0 saturated heterocycles. The van der Waals surface area contributed by atoms with Gasteiger partial charge in [-0.3, -0.25) is 0 Å². The van der Waals surface area contributed by atoms with Crippen molar-refractivity contribution < 1.29 is 5.11 Å². The van der Waals surface area contributed by atoms with E-state index in [-0.39, 0.29) is 6.10 Å². The first-order chi connectivity index (χ1) is 6.27. The normalized spacial score (nSPS) is 12.8. The molecule has 1 aromatic rings. The van der Waals surface area contributed by atoms with Gasteiger partial charge in [0, 0.05) is 0 Å². The van der Waals surface area contributed by atoms with E-state index < -0.39 is 0 Å². The topological polar surface area (TPSA) is 20.2 Å². The molecule has 0 unspecified atom stereocenters. The van der Waals surface area contributed by atoms with E-state index in [0.29, 0.717) is 0 Å². The molecule has 1 atom stereocenters. The number of hydrogen-bond donors (Lipinski definition) is 1. The van der Waals surface area contributed by atoms with Crippen LogP contribution in [0.15, 0.2) is 24.3 Å². The molecule has 0 heterocycles. The Bertz CT molecular complexity index is 238. The zero-order valence-electron chi connectivity index (χ0n) is 8.46. The number of aryl methyl sites for hydroxylation is 1. The Hall–Kier alpha value is -0.820. The summed E-state index contributed by atoms with van der Waals surface area (Å²) in [4.78, 5) is 0. The number of benzene rings is 1. The molecule has 0 aliphatic carbocycles. The first-order valence-electron chi connectivity index (χ1n) is 5.04. The van der Waals surface area contributed by atoms with E-state index in [2.05, 4.69) is 19.1 Å². The molecule has 13 heavy (non-hydrogen) atoms. The van der Waals surface area contributed by atoms with Crippen LogP contribution in [0.1, 0.15) is 43.9 Å². The molecule has 0 saturated carbocycles. The predicted octanol–water partition coefficient (Wildman–Crippen LogP) is 3.08. The zero-order chi connectivity index (χ0) is 9.68. The van der Waals surface area contributed by atoms with Crippen LogP contribution in [0.5, 0.6) is 0 Å². The first-order valence-corrected chi connectivity index (χ1v) is 5.04. The third-order valence-corrected chi connectivity index (χ3v) is 2.29. The summed E-state index contributed by atoms with van der Waals surface area (Å²) in [5.74, 6) is 0. The van der Waals surface area contributed by atoms with Crippen molar-refractivity contribution >= 4 is 0 Å². The van der Waals surface area contributed by atoms with Gasteiger partial charge in [0.05, 0.1) is 6.10 Å². The number of aliphatic hydroxyl groups excluding tert-OH is 1.